The van der Waals surface area contributed by atoms with Crippen molar-refractivity contribution < 1.29 is 22.5 Å². The number of ether oxygens (including phenoxy) is 1. The highest BCUT2D eigenvalue weighted by Gasteiger charge is 2.34. The van der Waals surface area contributed by atoms with E-state index in [1.54, 1.807) is 42.5 Å². The van der Waals surface area contributed by atoms with E-state index in [-0.39, 0.29) is 29.9 Å². The molecule has 1 N–H and O–H groups in total. The summed E-state index contributed by atoms with van der Waals surface area (Å²) in [7, 11) is -3.72. The predicted molar refractivity (Wildman–Crippen MR) is 138 cm³/mol. The maximum atomic E-state index is 13.1. The van der Waals surface area contributed by atoms with E-state index in [0.717, 1.165) is 24.1 Å². The lowest BCUT2D eigenvalue weighted by Gasteiger charge is -2.25. The first-order valence-electron chi connectivity index (χ1n) is 11.9. The van der Waals surface area contributed by atoms with Gasteiger partial charge in [-0.25, -0.2) is 13.2 Å². The van der Waals surface area contributed by atoms with E-state index in [1.165, 1.54) is 4.31 Å². The summed E-state index contributed by atoms with van der Waals surface area (Å²) in [4.78, 5) is 15.0. The molecule has 0 bridgehead atoms. The molecule has 0 radical (unpaired) electrons. The summed E-state index contributed by atoms with van der Waals surface area (Å²) in [6.07, 6.45) is 0.398. The van der Waals surface area contributed by atoms with Crippen LogP contribution in [0.3, 0.4) is 0 Å². The minimum Gasteiger partial charge on any atom is -0.388 e. The van der Waals surface area contributed by atoms with Gasteiger partial charge < -0.3 is 14.6 Å². The maximum absolute atomic E-state index is 13.1. The number of aryl methyl sites for hydroxylation is 1. The Morgan fingerprint density at radius 3 is 2.62 bits per heavy atom. The van der Waals surface area contributed by atoms with Crippen molar-refractivity contribution in [1.29, 1.82) is 0 Å². The van der Waals surface area contributed by atoms with Crippen molar-refractivity contribution in [3.63, 3.8) is 0 Å². The summed E-state index contributed by atoms with van der Waals surface area (Å²) < 4.78 is 38.4. The second-order valence-electron chi connectivity index (χ2n) is 9.25. The van der Waals surface area contributed by atoms with Crippen molar-refractivity contribution in [3.05, 3.63) is 75.0 Å². The number of carbonyl (C=O) groups excluding carboxylic acids is 1. The molecule has 37 heavy (non-hydrogen) atoms. The number of aromatic nitrogens is 1. The molecule has 3 aromatic rings. The molecule has 2 aliphatic heterocycles. The Balaban J connectivity index is 1.20. The van der Waals surface area contributed by atoms with Gasteiger partial charge in [0.25, 0.3) is 5.88 Å². The zero-order chi connectivity index (χ0) is 26.2. The van der Waals surface area contributed by atoms with Crippen LogP contribution in [-0.2, 0) is 29.5 Å². The molecule has 9 nitrogen and oxygen atoms in total. The molecular weight excluding hydrogens is 539 g/mol. The van der Waals surface area contributed by atoms with Crippen LogP contribution in [0.4, 0.5) is 4.79 Å². The van der Waals surface area contributed by atoms with Gasteiger partial charge in [-0.05, 0) is 42.8 Å². The normalized spacial score (nSPS) is 18.5. The van der Waals surface area contributed by atoms with Gasteiger partial charge in [-0.3, -0.25) is 4.90 Å². The molecule has 12 heteroatoms. The third-order valence-electron chi connectivity index (χ3n) is 6.64. The largest absolute Gasteiger partial charge is 0.414 e. The number of fused-ring (bicyclic) bond motifs is 1. The number of rotatable bonds is 6. The first kappa shape index (κ1) is 26.0. The maximum Gasteiger partial charge on any atom is 0.414 e. The van der Waals surface area contributed by atoms with Crippen molar-refractivity contribution in [2.45, 2.75) is 43.8 Å². The molecule has 3 heterocycles. The lowest BCUT2D eigenvalue weighted by Crippen LogP contribution is -2.39. The highest BCUT2D eigenvalue weighted by molar-refractivity contribution is 7.89. The molecule has 196 valence electrons. The van der Waals surface area contributed by atoms with Gasteiger partial charge in [-0.15, -0.1) is 0 Å². The van der Waals surface area contributed by atoms with Crippen molar-refractivity contribution in [1.82, 2.24) is 19.7 Å². The Morgan fingerprint density at radius 2 is 1.89 bits per heavy atom. The first-order chi connectivity index (χ1) is 17.7. The number of amides is 1. The average Bonchev–Trinajstić information content (AvgIpc) is 3.48. The predicted octanol–water partition coefficient (Wildman–Crippen LogP) is 4.40. The summed E-state index contributed by atoms with van der Waals surface area (Å²) in [5.41, 5.74) is 2.28. The highest BCUT2D eigenvalue weighted by Crippen LogP contribution is 2.31. The Labute approximate surface area is 225 Å². The fourth-order valence-corrected chi connectivity index (χ4v) is 6.52. The number of likely N-dealkylation sites (tertiary alicyclic amines) is 1. The van der Waals surface area contributed by atoms with Gasteiger partial charge in [0.05, 0.1) is 10.5 Å². The molecule has 1 amide bonds. The Bertz CT molecular complexity index is 1390. The quantitative estimate of drug-likeness (QED) is 0.473. The van der Waals surface area contributed by atoms with Crippen molar-refractivity contribution >= 4 is 39.3 Å². The zero-order valence-electron chi connectivity index (χ0n) is 20.1. The highest BCUT2D eigenvalue weighted by atomic mass is 35.5. The van der Waals surface area contributed by atoms with Crippen molar-refractivity contribution in [2.24, 2.45) is 0 Å². The van der Waals surface area contributed by atoms with Gasteiger partial charge in [-0.1, -0.05) is 47.0 Å². The van der Waals surface area contributed by atoms with Crippen LogP contribution in [0.1, 0.15) is 28.9 Å². The van der Waals surface area contributed by atoms with Gasteiger partial charge in [0.1, 0.15) is 5.76 Å². The minimum atomic E-state index is -3.72. The summed E-state index contributed by atoms with van der Waals surface area (Å²) in [6.45, 7) is 4.10. The van der Waals surface area contributed by atoms with E-state index in [9.17, 15) is 13.2 Å². The van der Waals surface area contributed by atoms with Crippen LogP contribution in [0.5, 0.6) is 5.88 Å². The molecule has 2 aromatic carbocycles. The van der Waals surface area contributed by atoms with Gasteiger partial charge in [0, 0.05) is 60.8 Å². The summed E-state index contributed by atoms with van der Waals surface area (Å²) in [6, 6.07) is 12.0. The fourth-order valence-electron chi connectivity index (χ4n) is 4.59. The SMILES string of the molecule is Cc1ccc(S(=O)(=O)N2CCc3onc(OC(=O)NC4CCN(Cc5c(Cl)cccc5Cl)C4)c3C2)cc1. The monoisotopic (exact) mass is 564 g/mol. The second kappa shape index (κ2) is 10.6. The molecule has 1 saturated heterocycles. The number of nitrogens with zero attached hydrogens (tertiary/aromatic N) is 3. The van der Waals surface area contributed by atoms with E-state index in [2.05, 4.69) is 15.4 Å². The van der Waals surface area contributed by atoms with Crippen LogP contribution in [0.15, 0.2) is 51.9 Å². The summed E-state index contributed by atoms with van der Waals surface area (Å²) >= 11 is 12.6. The van der Waals surface area contributed by atoms with Crippen LogP contribution >= 0.6 is 23.2 Å². The number of halogens is 2. The number of benzene rings is 2. The van der Waals surface area contributed by atoms with Crippen LogP contribution in [0, 0.1) is 6.92 Å². The van der Waals surface area contributed by atoms with Crippen LogP contribution in [0.2, 0.25) is 10.0 Å². The topological polar surface area (TPSA) is 105 Å². The number of carbonyl (C=O) groups is 1. The molecule has 1 atom stereocenters. The number of hydrogen-bond donors (Lipinski definition) is 1. The summed E-state index contributed by atoms with van der Waals surface area (Å²) in [5.74, 6) is 0.496. The second-order valence-corrected chi connectivity index (χ2v) is 12.0. The molecule has 0 aliphatic carbocycles. The Morgan fingerprint density at radius 1 is 1.16 bits per heavy atom. The molecular formula is C25H26Cl2N4O5S. The van der Waals surface area contributed by atoms with Crippen molar-refractivity contribution in [2.75, 3.05) is 19.6 Å². The Hall–Kier alpha value is -2.63. The molecule has 5 rings (SSSR count). The molecule has 1 fully saturated rings. The van der Waals surface area contributed by atoms with E-state index < -0.39 is 16.1 Å². The number of sulfonamides is 1. The molecule has 0 saturated carbocycles. The lowest BCUT2D eigenvalue weighted by molar-refractivity contribution is 0.190. The number of hydrogen-bond acceptors (Lipinski definition) is 7. The molecule has 0 spiro atoms. The van der Waals surface area contributed by atoms with Crippen LogP contribution in [-0.4, -0.2) is 54.5 Å². The third-order valence-corrected chi connectivity index (χ3v) is 9.21. The van der Waals surface area contributed by atoms with E-state index in [4.69, 9.17) is 32.5 Å². The third kappa shape index (κ3) is 5.63. The van der Waals surface area contributed by atoms with E-state index in [1.807, 2.05) is 6.92 Å². The molecule has 2 aliphatic rings. The standard InChI is InChI=1S/C25H26Cl2N4O5S/c1-16-5-7-18(8-6-16)37(33,34)31-12-10-23-20(15-31)24(29-36-23)35-25(32)28-17-9-11-30(13-17)14-19-21(26)3-2-4-22(19)27/h2-8,17H,9-15H2,1H3,(H,28,32). The zero-order valence-corrected chi connectivity index (χ0v) is 22.4. The van der Waals surface area contributed by atoms with E-state index in [0.29, 0.717) is 40.9 Å². The van der Waals surface area contributed by atoms with Gasteiger partial charge in [0.2, 0.25) is 10.0 Å². The first-order valence-corrected chi connectivity index (χ1v) is 14.1. The summed E-state index contributed by atoms with van der Waals surface area (Å²) in [5, 5.41) is 7.96. The number of nitrogens with one attached hydrogen (secondary N) is 1. The molecule has 1 aromatic heterocycles. The van der Waals surface area contributed by atoms with Crippen LogP contribution in [0.25, 0.3) is 0 Å². The lowest BCUT2D eigenvalue weighted by atomic mass is 10.1. The van der Waals surface area contributed by atoms with Crippen LogP contribution < -0.4 is 10.1 Å². The smallest absolute Gasteiger partial charge is 0.388 e. The van der Waals surface area contributed by atoms with E-state index >= 15 is 0 Å². The minimum absolute atomic E-state index is 0.00740. The average molecular weight is 565 g/mol. The van der Waals surface area contributed by atoms with Crippen molar-refractivity contribution in [3.8, 4) is 5.88 Å². The molecule has 1 unspecified atom stereocenters. The van der Waals surface area contributed by atoms with Gasteiger partial charge >= 0.3 is 6.09 Å². The fraction of sp³-hybridized carbons (Fsp3) is 0.360. The Kier molecular flexibility index (Phi) is 7.46. The van der Waals surface area contributed by atoms with Gasteiger partial charge in [0.15, 0.2) is 0 Å². The van der Waals surface area contributed by atoms with Gasteiger partial charge in [-0.2, -0.15) is 4.31 Å².